The van der Waals surface area contributed by atoms with Gasteiger partial charge in [0.15, 0.2) is 0 Å². The maximum absolute atomic E-state index is 8.76. The maximum atomic E-state index is 8.76. The van der Waals surface area contributed by atoms with E-state index in [0.717, 1.165) is 22.2 Å². The fraction of sp³-hybridized carbons (Fsp3) is 0.417. The topological polar surface area (TPSA) is 33.0 Å². The molecule has 0 fully saturated rings. The van der Waals surface area contributed by atoms with Gasteiger partial charge < -0.3 is 4.74 Å². The summed E-state index contributed by atoms with van der Waals surface area (Å²) in [6.07, 6.45) is 1.48. The molecule has 0 heterocycles. The van der Waals surface area contributed by atoms with E-state index in [-0.39, 0.29) is 5.92 Å². The lowest BCUT2D eigenvalue weighted by molar-refractivity contribution is 0.404. The highest BCUT2D eigenvalue weighted by molar-refractivity contribution is 9.10. The molecule has 1 unspecified atom stereocenters. The average Bonchev–Trinajstić information content (AvgIpc) is 2.26. The largest absolute Gasteiger partial charge is 0.496 e. The van der Waals surface area contributed by atoms with Crippen LogP contribution < -0.4 is 4.74 Å². The van der Waals surface area contributed by atoms with Gasteiger partial charge in [-0.2, -0.15) is 5.26 Å². The summed E-state index contributed by atoms with van der Waals surface area (Å²) in [5.74, 6) is 1.11. The fourth-order valence-corrected chi connectivity index (χ4v) is 1.99. The minimum Gasteiger partial charge on any atom is -0.496 e. The normalized spacial score (nSPS) is 11.9. The van der Waals surface area contributed by atoms with Gasteiger partial charge in [-0.3, -0.25) is 0 Å². The van der Waals surface area contributed by atoms with Crippen molar-refractivity contribution >= 4 is 15.9 Å². The zero-order chi connectivity index (χ0) is 11.3. The molecule has 1 aromatic carbocycles. The van der Waals surface area contributed by atoms with Crippen molar-refractivity contribution in [1.82, 2.24) is 0 Å². The number of rotatable bonds is 4. The maximum Gasteiger partial charge on any atom is 0.122 e. The van der Waals surface area contributed by atoms with Crippen LogP contribution in [0.3, 0.4) is 0 Å². The standard InChI is InChI=1S/C12H14BrNO/c1-3-9(6-7-14)11-8-10(13)4-5-12(11)15-2/h4-5,8-9H,3,6H2,1-2H3. The molecule has 0 amide bonds. The minimum atomic E-state index is 0.252. The molecule has 3 heteroatoms. The highest BCUT2D eigenvalue weighted by atomic mass is 79.9. The Morgan fingerprint density at radius 3 is 2.80 bits per heavy atom. The van der Waals surface area contributed by atoms with Crippen LogP contribution in [0.2, 0.25) is 0 Å². The number of nitrogens with zero attached hydrogens (tertiary/aromatic N) is 1. The van der Waals surface area contributed by atoms with E-state index in [1.165, 1.54) is 0 Å². The molecule has 0 N–H and O–H groups in total. The predicted molar refractivity (Wildman–Crippen MR) is 64.0 cm³/mol. The summed E-state index contributed by atoms with van der Waals surface area (Å²) in [5.41, 5.74) is 1.11. The van der Waals surface area contributed by atoms with E-state index < -0.39 is 0 Å². The first-order valence-corrected chi connectivity index (χ1v) is 5.72. The van der Waals surface area contributed by atoms with Gasteiger partial charge in [-0.25, -0.2) is 0 Å². The van der Waals surface area contributed by atoms with Crippen molar-refractivity contribution in [2.75, 3.05) is 7.11 Å². The lowest BCUT2D eigenvalue weighted by atomic mass is 9.93. The molecule has 80 valence electrons. The van der Waals surface area contributed by atoms with Gasteiger partial charge in [0.05, 0.1) is 13.2 Å². The first kappa shape index (κ1) is 12.1. The van der Waals surface area contributed by atoms with Gasteiger partial charge in [0.25, 0.3) is 0 Å². The van der Waals surface area contributed by atoms with E-state index in [0.29, 0.717) is 6.42 Å². The molecule has 1 aromatic rings. The number of hydrogen-bond donors (Lipinski definition) is 0. The summed E-state index contributed by atoms with van der Waals surface area (Å²) in [5, 5.41) is 8.76. The van der Waals surface area contributed by atoms with Crippen LogP contribution >= 0.6 is 15.9 Å². The van der Waals surface area contributed by atoms with Crippen LogP contribution in [0.4, 0.5) is 0 Å². The van der Waals surface area contributed by atoms with Gasteiger partial charge in [0.1, 0.15) is 5.75 Å². The Balaban J connectivity index is 3.09. The molecule has 0 aliphatic carbocycles. The highest BCUT2D eigenvalue weighted by Crippen LogP contribution is 2.33. The van der Waals surface area contributed by atoms with Gasteiger partial charge in [0.2, 0.25) is 0 Å². The molecule has 0 aromatic heterocycles. The molecule has 2 nitrogen and oxygen atoms in total. The zero-order valence-corrected chi connectivity index (χ0v) is 10.5. The van der Waals surface area contributed by atoms with Crippen LogP contribution in [0.5, 0.6) is 5.75 Å². The number of benzene rings is 1. The van der Waals surface area contributed by atoms with Crippen LogP contribution in [0.15, 0.2) is 22.7 Å². The Kier molecular flexibility index (Phi) is 4.64. The van der Waals surface area contributed by atoms with E-state index in [2.05, 4.69) is 28.9 Å². The second kappa shape index (κ2) is 5.77. The van der Waals surface area contributed by atoms with Crippen LogP contribution in [0.1, 0.15) is 31.2 Å². The van der Waals surface area contributed by atoms with Gasteiger partial charge in [0, 0.05) is 16.8 Å². The van der Waals surface area contributed by atoms with Crippen LogP contribution in [-0.4, -0.2) is 7.11 Å². The SMILES string of the molecule is CCC(CC#N)c1cc(Br)ccc1OC. The van der Waals surface area contributed by atoms with E-state index in [1.807, 2.05) is 18.2 Å². The zero-order valence-electron chi connectivity index (χ0n) is 8.96. The average molecular weight is 268 g/mol. The second-order valence-electron chi connectivity index (χ2n) is 3.35. The number of nitriles is 1. The smallest absolute Gasteiger partial charge is 0.122 e. The molecule has 0 aliphatic rings. The third-order valence-electron chi connectivity index (χ3n) is 2.46. The molecule has 0 bridgehead atoms. The summed E-state index contributed by atoms with van der Waals surface area (Å²) in [6, 6.07) is 8.13. The molecule has 0 radical (unpaired) electrons. The first-order chi connectivity index (χ1) is 7.22. The van der Waals surface area contributed by atoms with Crippen molar-refractivity contribution in [3.8, 4) is 11.8 Å². The Bertz CT molecular complexity index is 370. The summed E-state index contributed by atoms with van der Waals surface area (Å²) >= 11 is 3.44. The summed E-state index contributed by atoms with van der Waals surface area (Å²) < 4.78 is 6.32. The minimum absolute atomic E-state index is 0.252. The van der Waals surface area contributed by atoms with Crippen molar-refractivity contribution in [2.45, 2.75) is 25.7 Å². The molecular weight excluding hydrogens is 254 g/mol. The molecule has 0 spiro atoms. The Morgan fingerprint density at radius 1 is 1.53 bits per heavy atom. The van der Waals surface area contributed by atoms with Crippen LogP contribution in [-0.2, 0) is 0 Å². The summed E-state index contributed by atoms with van der Waals surface area (Å²) in [6.45, 7) is 2.09. The monoisotopic (exact) mass is 267 g/mol. The molecule has 1 atom stereocenters. The second-order valence-corrected chi connectivity index (χ2v) is 4.27. The number of methoxy groups -OCH3 is 1. The van der Waals surface area contributed by atoms with E-state index in [4.69, 9.17) is 10.00 Å². The van der Waals surface area contributed by atoms with Crippen molar-refractivity contribution in [1.29, 1.82) is 5.26 Å². The van der Waals surface area contributed by atoms with Gasteiger partial charge in [-0.05, 0) is 30.2 Å². The number of hydrogen-bond acceptors (Lipinski definition) is 2. The van der Waals surface area contributed by atoms with Gasteiger partial charge in [-0.1, -0.05) is 22.9 Å². The lowest BCUT2D eigenvalue weighted by Crippen LogP contribution is -1.99. The quantitative estimate of drug-likeness (QED) is 0.830. The number of ether oxygens (including phenoxy) is 1. The third-order valence-corrected chi connectivity index (χ3v) is 2.96. The van der Waals surface area contributed by atoms with Gasteiger partial charge >= 0.3 is 0 Å². The van der Waals surface area contributed by atoms with Crippen molar-refractivity contribution < 1.29 is 4.74 Å². The molecule has 0 saturated carbocycles. The molecule has 0 saturated heterocycles. The van der Waals surface area contributed by atoms with Gasteiger partial charge in [-0.15, -0.1) is 0 Å². The Labute approximate surface area is 99.0 Å². The van der Waals surface area contributed by atoms with Crippen LogP contribution in [0, 0.1) is 11.3 Å². The van der Waals surface area contributed by atoms with E-state index >= 15 is 0 Å². The van der Waals surface area contributed by atoms with E-state index in [9.17, 15) is 0 Å². The first-order valence-electron chi connectivity index (χ1n) is 4.93. The van der Waals surface area contributed by atoms with Crippen molar-refractivity contribution in [2.24, 2.45) is 0 Å². The van der Waals surface area contributed by atoms with Crippen molar-refractivity contribution in [3.05, 3.63) is 28.2 Å². The molecule has 1 rings (SSSR count). The van der Waals surface area contributed by atoms with Crippen molar-refractivity contribution in [3.63, 3.8) is 0 Å². The molecule has 15 heavy (non-hydrogen) atoms. The Hall–Kier alpha value is -1.01. The number of halogens is 1. The van der Waals surface area contributed by atoms with E-state index in [1.54, 1.807) is 7.11 Å². The van der Waals surface area contributed by atoms with Crippen LogP contribution in [0.25, 0.3) is 0 Å². The summed E-state index contributed by atoms with van der Waals surface area (Å²) in [7, 11) is 1.66. The third kappa shape index (κ3) is 2.97. The summed E-state index contributed by atoms with van der Waals surface area (Å²) in [4.78, 5) is 0. The molecular formula is C12H14BrNO. The Morgan fingerprint density at radius 2 is 2.27 bits per heavy atom. The fourth-order valence-electron chi connectivity index (χ4n) is 1.61. The molecule has 0 aliphatic heterocycles. The predicted octanol–water partition coefficient (Wildman–Crippen LogP) is 3.86. The highest BCUT2D eigenvalue weighted by Gasteiger charge is 2.14. The lowest BCUT2D eigenvalue weighted by Gasteiger charge is -2.15.